The van der Waals surface area contributed by atoms with Gasteiger partial charge in [0, 0.05) is 38.6 Å². The van der Waals surface area contributed by atoms with Gasteiger partial charge in [0.15, 0.2) is 0 Å². The third-order valence-electron chi connectivity index (χ3n) is 2.50. The van der Waals surface area contributed by atoms with Crippen LogP contribution >= 0.6 is 0 Å². The molecular weight excluding hydrogens is 216 g/mol. The third-order valence-corrected chi connectivity index (χ3v) is 2.50. The van der Waals surface area contributed by atoms with Gasteiger partial charge in [-0.2, -0.15) is 0 Å². The van der Waals surface area contributed by atoms with Gasteiger partial charge in [-0.1, -0.05) is 0 Å². The average molecular weight is 240 g/mol. The molecule has 0 saturated carbocycles. The van der Waals surface area contributed by atoms with Gasteiger partial charge in [-0.3, -0.25) is 0 Å². The third kappa shape index (κ3) is 5.86. The first-order valence-electron chi connectivity index (χ1n) is 6.19. The molecule has 1 N–H and O–H groups in total. The van der Waals surface area contributed by atoms with Gasteiger partial charge in [0.1, 0.15) is 0 Å². The molecule has 0 bridgehead atoms. The van der Waals surface area contributed by atoms with Crippen molar-refractivity contribution < 1.29 is 9.47 Å². The second-order valence-corrected chi connectivity index (χ2v) is 4.28. The van der Waals surface area contributed by atoms with Gasteiger partial charge in [0.2, 0.25) is 0 Å². The first-order chi connectivity index (χ1) is 8.24. The normalized spacial score (nSPS) is 11.3. The number of nitrogens with zero attached hydrogens (tertiary/aromatic N) is 1. The molecule has 4 nitrogen and oxygen atoms in total. The number of hydrogen-bond donors (Lipinski definition) is 1. The van der Waals surface area contributed by atoms with Crippen molar-refractivity contribution >= 4 is 0 Å². The van der Waals surface area contributed by atoms with Crippen molar-refractivity contribution in [2.75, 3.05) is 26.9 Å². The van der Waals surface area contributed by atoms with Crippen LogP contribution in [0.15, 0.2) is 18.3 Å². The first-order valence-corrected chi connectivity index (χ1v) is 6.19. The Hall–Kier alpha value is -0.840. The van der Waals surface area contributed by atoms with Crippen molar-refractivity contribution in [2.45, 2.75) is 33.0 Å². The van der Waals surface area contributed by atoms with Crippen molar-refractivity contribution in [3.05, 3.63) is 24.0 Å². The second-order valence-electron chi connectivity index (χ2n) is 4.28. The summed E-state index contributed by atoms with van der Waals surface area (Å²) in [4.78, 5) is 0. The number of ether oxygens (including phenoxy) is 2. The Morgan fingerprint density at radius 2 is 2.18 bits per heavy atom. The number of rotatable bonds is 9. The maximum Gasteiger partial charge on any atom is 0.0649 e. The zero-order valence-electron chi connectivity index (χ0n) is 11.1. The van der Waals surface area contributed by atoms with Gasteiger partial charge in [0.25, 0.3) is 0 Å². The molecule has 17 heavy (non-hydrogen) atoms. The summed E-state index contributed by atoms with van der Waals surface area (Å²) in [5.41, 5.74) is 1.29. The molecule has 1 aromatic heterocycles. The summed E-state index contributed by atoms with van der Waals surface area (Å²) in [7, 11) is 1.72. The fourth-order valence-electron chi connectivity index (χ4n) is 1.61. The van der Waals surface area contributed by atoms with Crippen molar-refractivity contribution in [3.8, 4) is 0 Å². The molecule has 1 rings (SSSR count). The summed E-state index contributed by atoms with van der Waals surface area (Å²) < 4.78 is 12.8. The van der Waals surface area contributed by atoms with E-state index in [-0.39, 0.29) is 0 Å². The molecule has 0 unspecified atom stereocenters. The van der Waals surface area contributed by atoms with Gasteiger partial charge >= 0.3 is 0 Å². The molecule has 1 heterocycles. The second kappa shape index (κ2) is 8.28. The van der Waals surface area contributed by atoms with Crippen LogP contribution in [-0.4, -0.2) is 37.5 Å². The zero-order chi connectivity index (χ0) is 12.5. The predicted molar refractivity (Wildman–Crippen MR) is 69.1 cm³/mol. The van der Waals surface area contributed by atoms with E-state index in [9.17, 15) is 0 Å². The van der Waals surface area contributed by atoms with Crippen LogP contribution in [0.1, 0.15) is 19.5 Å². The molecule has 0 aliphatic carbocycles. The number of aromatic nitrogens is 1. The fourth-order valence-corrected chi connectivity index (χ4v) is 1.61. The number of hydrogen-bond acceptors (Lipinski definition) is 3. The molecule has 1 aromatic rings. The van der Waals surface area contributed by atoms with E-state index < -0.39 is 0 Å². The van der Waals surface area contributed by atoms with Crippen LogP contribution < -0.4 is 5.32 Å². The molecule has 0 amide bonds. The summed E-state index contributed by atoms with van der Waals surface area (Å²) in [5, 5.41) is 3.34. The van der Waals surface area contributed by atoms with Crippen LogP contribution in [-0.2, 0) is 22.6 Å². The van der Waals surface area contributed by atoms with Gasteiger partial charge in [-0.05, 0) is 26.0 Å². The monoisotopic (exact) mass is 240 g/mol. The molecule has 0 atom stereocenters. The van der Waals surface area contributed by atoms with Crippen LogP contribution in [0.3, 0.4) is 0 Å². The molecule has 0 aromatic carbocycles. The molecule has 0 saturated heterocycles. The average Bonchev–Trinajstić information content (AvgIpc) is 2.72. The van der Waals surface area contributed by atoms with E-state index in [4.69, 9.17) is 9.47 Å². The van der Waals surface area contributed by atoms with E-state index >= 15 is 0 Å². The molecule has 0 fully saturated rings. The Morgan fingerprint density at radius 1 is 1.35 bits per heavy atom. The Bertz CT molecular complexity index is 297. The zero-order valence-corrected chi connectivity index (χ0v) is 11.1. The highest BCUT2D eigenvalue weighted by atomic mass is 16.5. The maximum absolute atomic E-state index is 5.55. The highest BCUT2D eigenvalue weighted by molar-refractivity contribution is 5.06. The highest BCUT2D eigenvalue weighted by Crippen LogP contribution is 2.02. The quantitative estimate of drug-likeness (QED) is 0.667. The molecule has 0 radical (unpaired) electrons. The van der Waals surface area contributed by atoms with E-state index in [1.54, 1.807) is 7.11 Å². The molecule has 0 spiro atoms. The molecular formula is C13H24N2O2. The van der Waals surface area contributed by atoms with Crippen LogP contribution in [0.4, 0.5) is 0 Å². The van der Waals surface area contributed by atoms with Gasteiger partial charge in [0.05, 0.1) is 19.3 Å². The van der Waals surface area contributed by atoms with Crippen molar-refractivity contribution in [2.24, 2.45) is 0 Å². The van der Waals surface area contributed by atoms with Gasteiger partial charge < -0.3 is 19.4 Å². The largest absolute Gasteiger partial charge is 0.383 e. The van der Waals surface area contributed by atoms with Crippen molar-refractivity contribution in [1.29, 1.82) is 0 Å². The van der Waals surface area contributed by atoms with E-state index in [0.717, 1.165) is 32.8 Å². The molecule has 0 aliphatic heterocycles. The van der Waals surface area contributed by atoms with Crippen molar-refractivity contribution in [1.82, 2.24) is 9.88 Å². The first kappa shape index (κ1) is 14.2. The fraction of sp³-hybridized carbons (Fsp3) is 0.692. The van der Waals surface area contributed by atoms with Crippen LogP contribution in [0.5, 0.6) is 0 Å². The van der Waals surface area contributed by atoms with E-state index in [1.165, 1.54) is 5.69 Å². The van der Waals surface area contributed by atoms with E-state index in [0.29, 0.717) is 6.10 Å². The summed E-state index contributed by atoms with van der Waals surface area (Å²) in [6, 6.07) is 4.21. The van der Waals surface area contributed by atoms with Gasteiger partial charge in [-0.15, -0.1) is 0 Å². The number of methoxy groups -OCH3 is 1. The standard InChI is InChI=1S/C13H24N2O2/c1-12(2)17-10-8-15-7-4-5-13(15)11-14-6-9-16-3/h4-5,7,12,14H,6,8-11H2,1-3H3. The van der Waals surface area contributed by atoms with Crippen molar-refractivity contribution in [3.63, 3.8) is 0 Å². The summed E-state index contributed by atoms with van der Waals surface area (Å²) in [6.45, 7) is 8.29. The summed E-state index contributed by atoms with van der Waals surface area (Å²) in [5.74, 6) is 0. The van der Waals surface area contributed by atoms with Crippen LogP contribution in [0.25, 0.3) is 0 Å². The van der Waals surface area contributed by atoms with Crippen LogP contribution in [0, 0.1) is 0 Å². The van der Waals surface area contributed by atoms with Crippen LogP contribution in [0.2, 0.25) is 0 Å². The Labute approximate surface area is 104 Å². The molecule has 0 aliphatic rings. The lowest BCUT2D eigenvalue weighted by molar-refractivity contribution is 0.0723. The summed E-state index contributed by atoms with van der Waals surface area (Å²) >= 11 is 0. The Balaban J connectivity index is 2.27. The lowest BCUT2D eigenvalue weighted by Gasteiger charge is -2.12. The number of nitrogens with one attached hydrogen (secondary N) is 1. The van der Waals surface area contributed by atoms with E-state index in [1.807, 2.05) is 0 Å². The van der Waals surface area contributed by atoms with E-state index in [2.05, 4.69) is 42.1 Å². The lowest BCUT2D eigenvalue weighted by Crippen LogP contribution is -2.21. The minimum Gasteiger partial charge on any atom is -0.383 e. The minimum atomic E-state index is 0.300. The smallest absolute Gasteiger partial charge is 0.0649 e. The predicted octanol–water partition coefficient (Wildman–Crippen LogP) is 1.65. The topological polar surface area (TPSA) is 35.4 Å². The summed E-state index contributed by atoms with van der Waals surface area (Å²) in [6.07, 6.45) is 2.39. The Kier molecular flexibility index (Phi) is 6.93. The molecule has 98 valence electrons. The highest BCUT2D eigenvalue weighted by Gasteiger charge is 2.01. The Morgan fingerprint density at radius 3 is 2.88 bits per heavy atom. The lowest BCUT2D eigenvalue weighted by atomic mass is 10.4. The molecule has 4 heteroatoms. The maximum atomic E-state index is 5.55. The van der Waals surface area contributed by atoms with Gasteiger partial charge in [-0.25, -0.2) is 0 Å². The SMILES string of the molecule is COCCNCc1cccn1CCOC(C)C. The minimum absolute atomic E-state index is 0.300.